The maximum atomic E-state index is 5.56. The van der Waals surface area contributed by atoms with Gasteiger partial charge in [0.2, 0.25) is 0 Å². The second kappa shape index (κ2) is 4.82. The molecule has 4 heteroatoms. The van der Waals surface area contributed by atoms with E-state index in [9.17, 15) is 0 Å². The Hall–Kier alpha value is -1.10. The fraction of sp³-hybridized carbons (Fsp3) is 0.500. The van der Waals surface area contributed by atoms with Gasteiger partial charge in [-0.3, -0.25) is 0 Å². The van der Waals surface area contributed by atoms with Gasteiger partial charge in [0.15, 0.2) is 12.6 Å². The van der Waals surface area contributed by atoms with Crippen molar-refractivity contribution in [1.82, 2.24) is 0 Å². The summed E-state index contributed by atoms with van der Waals surface area (Å²) in [5.41, 5.74) is 0.995. The molecule has 0 spiro atoms. The van der Waals surface area contributed by atoms with Crippen LogP contribution in [0.5, 0.6) is 5.75 Å². The van der Waals surface area contributed by atoms with Gasteiger partial charge in [-0.1, -0.05) is 0 Å². The van der Waals surface area contributed by atoms with Crippen molar-refractivity contribution < 1.29 is 18.9 Å². The van der Waals surface area contributed by atoms with Gasteiger partial charge in [0.25, 0.3) is 0 Å². The van der Waals surface area contributed by atoms with E-state index in [1.807, 2.05) is 31.2 Å². The number of benzene rings is 1. The largest absolute Gasteiger partial charge is 0.468 e. The van der Waals surface area contributed by atoms with E-state index in [1.54, 1.807) is 7.11 Å². The predicted octanol–water partition coefficient (Wildman–Crippen LogP) is 1.89. The highest BCUT2D eigenvalue weighted by Gasteiger charge is 2.32. The van der Waals surface area contributed by atoms with Crippen molar-refractivity contribution in [3.8, 4) is 5.75 Å². The van der Waals surface area contributed by atoms with Crippen LogP contribution in [0.25, 0.3) is 0 Å². The summed E-state index contributed by atoms with van der Waals surface area (Å²) in [5.74, 6) is 0.159. The van der Waals surface area contributed by atoms with E-state index in [2.05, 4.69) is 0 Å². The summed E-state index contributed by atoms with van der Waals surface area (Å²) in [6.07, 6.45) is 0. The normalized spacial score (nSPS) is 18.6. The van der Waals surface area contributed by atoms with Crippen LogP contribution in [0.1, 0.15) is 12.5 Å². The van der Waals surface area contributed by atoms with Crippen LogP contribution in [-0.2, 0) is 20.0 Å². The summed E-state index contributed by atoms with van der Waals surface area (Å²) in [5, 5.41) is 0. The standard InChI is InChI=1S/C12H16O4/c1-12(15-7-8-16-12)10-3-5-11(6-4-10)14-9-13-2/h3-6H,7-9H2,1-2H3. The topological polar surface area (TPSA) is 36.9 Å². The van der Waals surface area contributed by atoms with Crippen molar-refractivity contribution in [3.05, 3.63) is 29.8 Å². The molecule has 0 N–H and O–H groups in total. The Balaban J connectivity index is 2.06. The second-order valence-corrected chi connectivity index (χ2v) is 3.72. The molecule has 88 valence electrons. The third kappa shape index (κ3) is 2.35. The molecule has 0 atom stereocenters. The predicted molar refractivity (Wildman–Crippen MR) is 58.2 cm³/mol. The van der Waals surface area contributed by atoms with Gasteiger partial charge in [-0.05, 0) is 31.2 Å². The average molecular weight is 224 g/mol. The molecule has 0 radical (unpaired) electrons. The van der Waals surface area contributed by atoms with E-state index >= 15 is 0 Å². The molecule has 0 aromatic heterocycles. The summed E-state index contributed by atoms with van der Waals surface area (Å²) in [4.78, 5) is 0. The molecule has 4 nitrogen and oxygen atoms in total. The van der Waals surface area contributed by atoms with Gasteiger partial charge in [-0.15, -0.1) is 0 Å². The molecule has 1 fully saturated rings. The van der Waals surface area contributed by atoms with Crippen LogP contribution < -0.4 is 4.74 Å². The number of hydrogen-bond donors (Lipinski definition) is 0. The molecule has 1 saturated heterocycles. The van der Waals surface area contributed by atoms with Crippen LogP contribution in [0, 0.1) is 0 Å². The Bertz CT molecular complexity index is 327. The highest BCUT2D eigenvalue weighted by Crippen LogP contribution is 2.31. The van der Waals surface area contributed by atoms with Crippen LogP contribution >= 0.6 is 0 Å². The van der Waals surface area contributed by atoms with Crippen molar-refractivity contribution in [2.45, 2.75) is 12.7 Å². The highest BCUT2D eigenvalue weighted by molar-refractivity contribution is 5.29. The maximum Gasteiger partial charge on any atom is 0.192 e. The third-order valence-electron chi connectivity index (χ3n) is 2.56. The second-order valence-electron chi connectivity index (χ2n) is 3.72. The first-order valence-electron chi connectivity index (χ1n) is 5.25. The van der Waals surface area contributed by atoms with Crippen molar-refractivity contribution in [2.24, 2.45) is 0 Å². The average Bonchev–Trinajstić information content (AvgIpc) is 2.75. The highest BCUT2D eigenvalue weighted by atomic mass is 16.7. The summed E-state index contributed by atoms with van der Waals surface area (Å²) in [6.45, 7) is 3.45. The summed E-state index contributed by atoms with van der Waals surface area (Å²) >= 11 is 0. The molecule has 0 bridgehead atoms. The van der Waals surface area contributed by atoms with Crippen molar-refractivity contribution in [3.63, 3.8) is 0 Å². The van der Waals surface area contributed by atoms with Crippen molar-refractivity contribution in [1.29, 1.82) is 0 Å². The molecule has 0 amide bonds. The molecule has 1 aromatic rings. The van der Waals surface area contributed by atoms with E-state index in [4.69, 9.17) is 18.9 Å². The molecule has 0 aliphatic carbocycles. The Morgan fingerprint density at radius 1 is 1.19 bits per heavy atom. The molecule has 1 aliphatic heterocycles. The lowest BCUT2D eigenvalue weighted by Crippen LogP contribution is -2.22. The molecule has 1 aromatic carbocycles. The van der Waals surface area contributed by atoms with Gasteiger partial charge in [-0.25, -0.2) is 0 Å². The molecular formula is C12H16O4. The van der Waals surface area contributed by atoms with Crippen molar-refractivity contribution >= 4 is 0 Å². The van der Waals surface area contributed by atoms with Gasteiger partial charge in [0.1, 0.15) is 5.75 Å². The lowest BCUT2D eigenvalue weighted by molar-refractivity contribution is -0.149. The van der Waals surface area contributed by atoms with Gasteiger partial charge < -0.3 is 18.9 Å². The van der Waals surface area contributed by atoms with E-state index in [0.717, 1.165) is 11.3 Å². The minimum atomic E-state index is -0.611. The molecule has 0 saturated carbocycles. The zero-order valence-corrected chi connectivity index (χ0v) is 9.56. The minimum absolute atomic E-state index is 0.254. The first-order valence-corrected chi connectivity index (χ1v) is 5.25. The van der Waals surface area contributed by atoms with Crippen LogP contribution in [-0.4, -0.2) is 27.1 Å². The SMILES string of the molecule is COCOc1ccc(C2(C)OCCO2)cc1. The van der Waals surface area contributed by atoms with Gasteiger partial charge >= 0.3 is 0 Å². The lowest BCUT2D eigenvalue weighted by atomic mass is 10.1. The minimum Gasteiger partial charge on any atom is -0.468 e. The van der Waals surface area contributed by atoms with E-state index in [0.29, 0.717) is 13.2 Å². The molecule has 1 aliphatic rings. The van der Waals surface area contributed by atoms with Crippen LogP contribution in [0.4, 0.5) is 0 Å². The van der Waals surface area contributed by atoms with Crippen LogP contribution in [0.15, 0.2) is 24.3 Å². The monoisotopic (exact) mass is 224 g/mol. The van der Waals surface area contributed by atoms with Crippen LogP contribution in [0.3, 0.4) is 0 Å². The quantitative estimate of drug-likeness (QED) is 0.732. The fourth-order valence-electron chi connectivity index (χ4n) is 1.66. The first kappa shape index (κ1) is 11.4. The zero-order valence-electron chi connectivity index (χ0n) is 9.56. The van der Waals surface area contributed by atoms with Crippen molar-refractivity contribution in [2.75, 3.05) is 27.1 Å². The lowest BCUT2D eigenvalue weighted by Gasteiger charge is -2.22. The van der Waals surface area contributed by atoms with Crippen LogP contribution in [0.2, 0.25) is 0 Å². The number of hydrogen-bond acceptors (Lipinski definition) is 4. The number of ether oxygens (including phenoxy) is 4. The Morgan fingerprint density at radius 2 is 1.81 bits per heavy atom. The molecule has 1 heterocycles. The first-order chi connectivity index (χ1) is 7.74. The number of methoxy groups -OCH3 is 1. The van der Waals surface area contributed by atoms with E-state index in [-0.39, 0.29) is 6.79 Å². The Kier molecular flexibility index (Phi) is 3.43. The zero-order chi connectivity index (χ0) is 11.4. The summed E-state index contributed by atoms with van der Waals surface area (Å²) < 4.78 is 21.2. The van der Waals surface area contributed by atoms with E-state index < -0.39 is 5.79 Å². The Labute approximate surface area is 95.1 Å². The van der Waals surface area contributed by atoms with E-state index in [1.165, 1.54) is 0 Å². The summed E-state index contributed by atoms with van der Waals surface area (Å²) in [7, 11) is 1.59. The maximum absolute atomic E-state index is 5.56. The van der Waals surface area contributed by atoms with Gasteiger partial charge in [-0.2, -0.15) is 0 Å². The summed E-state index contributed by atoms with van der Waals surface area (Å²) in [6, 6.07) is 7.64. The molecule has 16 heavy (non-hydrogen) atoms. The Morgan fingerprint density at radius 3 is 2.38 bits per heavy atom. The molecule has 2 rings (SSSR count). The number of rotatable bonds is 4. The third-order valence-corrected chi connectivity index (χ3v) is 2.56. The van der Waals surface area contributed by atoms with Gasteiger partial charge in [0, 0.05) is 12.7 Å². The fourth-order valence-corrected chi connectivity index (χ4v) is 1.66. The molecular weight excluding hydrogens is 208 g/mol. The molecule has 0 unspecified atom stereocenters. The van der Waals surface area contributed by atoms with Gasteiger partial charge in [0.05, 0.1) is 13.2 Å². The smallest absolute Gasteiger partial charge is 0.192 e.